The van der Waals surface area contributed by atoms with Gasteiger partial charge in [0.2, 0.25) is 0 Å². The number of hydrogen-bond donors (Lipinski definition) is 3. The van der Waals surface area contributed by atoms with E-state index in [4.69, 9.17) is 4.74 Å². The van der Waals surface area contributed by atoms with E-state index in [1.165, 1.54) is 6.08 Å². The summed E-state index contributed by atoms with van der Waals surface area (Å²) < 4.78 is 4.84. The topological polar surface area (TPSA) is 87.0 Å². The Morgan fingerprint density at radius 3 is 2.56 bits per heavy atom. The van der Waals surface area contributed by atoms with Crippen LogP contribution in [0.4, 0.5) is 0 Å². The maximum atomic E-state index is 12.0. The second-order valence-corrected chi connectivity index (χ2v) is 4.56. The largest absolute Gasteiger partial charge is 0.428 e. The summed E-state index contributed by atoms with van der Waals surface area (Å²) in [5.74, 6) is -1.42. The molecule has 1 saturated heterocycles. The summed E-state index contributed by atoms with van der Waals surface area (Å²) in [5.41, 5.74) is -1.61. The lowest BCUT2D eigenvalue weighted by atomic mass is 9.63. The van der Waals surface area contributed by atoms with Crippen molar-refractivity contribution in [3.8, 4) is 0 Å². The average molecular weight is 252 g/mol. The molecule has 0 unspecified atom stereocenters. The standard InChI is InChI=1S/C13H16O5/c1-3-4-8-5-6-9(14)11(16)13(8)10(15)7(2)18-12(13)17/h3-6,8-11,14-16H,2H2,1H3/b4-3+/t8-,9-,10+,11+,13+/m0/s1. The number of hydrogen-bond acceptors (Lipinski definition) is 5. The molecule has 0 bridgehead atoms. The van der Waals surface area contributed by atoms with Gasteiger partial charge in [0.05, 0.1) is 6.10 Å². The first-order chi connectivity index (χ1) is 8.46. The Bertz CT molecular complexity index is 439. The molecule has 5 nitrogen and oxygen atoms in total. The van der Waals surface area contributed by atoms with Crippen molar-refractivity contribution in [3.05, 3.63) is 36.6 Å². The molecule has 2 rings (SSSR count). The van der Waals surface area contributed by atoms with Crippen molar-refractivity contribution in [1.82, 2.24) is 0 Å². The lowest BCUT2D eigenvalue weighted by Crippen LogP contribution is -2.57. The van der Waals surface area contributed by atoms with Crippen LogP contribution in [0.3, 0.4) is 0 Å². The van der Waals surface area contributed by atoms with Gasteiger partial charge >= 0.3 is 5.97 Å². The molecule has 5 heteroatoms. The number of cyclic esters (lactones) is 1. The van der Waals surface area contributed by atoms with E-state index in [1.54, 1.807) is 25.2 Å². The molecule has 5 atom stereocenters. The van der Waals surface area contributed by atoms with Gasteiger partial charge in [-0.25, -0.2) is 0 Å². The molecular weight excluding hydrogens is 236 g/mol. The Hall–Kier alpha value is -1.43. The van der Waals surface area contributed by atoms with Crippen LogP contribution in [-0.2, 0) is 9.53 Å². The minimum Gasteiger partial charge on any atom is -0.428 e. The van der Waals surface area contributed by atoms with Crippen LogP contribution in [0.15, 0.2) is 36.6 Å². The zero-order chi connectivity index (χ0) is 13.5. The first-order valence-corrected chi connectivity index (χ1v) is 5.72. The molecule has 98 valence electrons. The highest BCUT2D eigenvalue weighted by Gasteiger charge is 2.64. The Labute approximate surface area is 105 Å². The summed E-state index contributed by atoms with van der Waals surface area (Å²) >= 11 is 0. The first-order valence-electron chi connectivity index (χ1n) is 5.72. The molecule has 0 saturated carbocycles. The number of aliphatic hydroxyl groups excluding tert-OH is 3. The van der Waals surface area contributed by atoms with E-state index in [-0.39, 0.29) is 5.76 Å². The molecule has 1 heterocycles. The fourth-order valence-corrected chi connectivity index (χ4v) is 2.65. The summed E-state index contributed by atoms with van der Waals surface area (Å²) in [7, 11) is 0. The van der Waals surface area contributed by atoms with Crippen LogP contribution in [0.2, 0.25) is 0 Å². The second kappa shape index (κ2) is 4.35. The summed E-state index contributed by atoms with van der Waals surface area (Å²) in [4.78, 5) is 12.0. The van der Waals surface area contributed by atoms with Crippen LogP contribution in [0.25, 0.3) is 0 Å². The van der Waals surface area contributed by atoms with Crippen molar-refractivity contribution in [2.24, 2.45) is 11.3 Å². The molecule has 0 aromatic rings. The highest BCUT2D eigenvalue weighted by molar-refractivity contribution is 5.84. The summed E-state index contributed by atoms with van der Waals surface area (Å²) in [5, 5.41) is 30.0. The van der Waals surface area contributed by atoms with Gasteiger partial charge in [-0.3, -0.25) is 4.79 Å². The third-order valence-corrected chi connectivity index (χ3v) is 3.61. The van der Waals surface area contributed by atoms with Crippen LogP contribution >= 0.6 is 0 Å². The summed E-state index contributed by atoms with van der Waals surface area (Å²) in [6, 6.07) is 0. The maximum Gasteiger partial charge on any atom is 0.324 e. The molecule has 18 heavy (non-hydrogen) atoms. The van der Waals surface area contributed by atoms with Gasteiger partial charge in [-0.2, -0.15) is 0 Å². The number of rotatable bonds is 1. The molecule has 0 aromatic heterocycles. The van der Waals surface area contributed by atoms with Gasteiger partial charge in [-0.15, -0.1) is 0 Å². The number of allylic oxidation sites excluding steroid dienone is 3. The lowest BCUT2D eigenvalue weighted by Gasteiger charge is -2.41. The second-order valence-electron chi connectivity index (χ2n) is 4.56. The first kappa shape index (κ1) is 13.0. The van der Waals surface area contributed by atoms with Crippen molar-refractivity contribution in [2.75, 3.05) is 0 Å². The van der Waals surface area contributed by atoms with Crippen molar-refractivity contribution >= 4 is 5.97 Å². The Balaban J connectivity index is 2.58. The quantitative estimate of drug-likeness (QED) is 0.447. The minimum absolute atomic E-state index is 0.101. The van der Waals surface area contributed by atoms with E-state index in [9.17, 15) is 20.1 Å². The van der Waals surface area contributed by atoms with Crippen molar-refractivity contribution < 1.29 is 24.9 Å². The van der Waals surface area contributed by atoms with E-state index in [0.29, 0.717) is 0 Å². The zero-order valence-corrected chi connectivity index (χ0v) is 9.98. The number of carbonyl (C=O) groups excluding carboxylic acids is 1. The fourth-order valence-electron chi connectivity index (χ4n) is 2.65. The smallest absolute Gasteiger partial charge is 0.324 e. The van der Waals surface area contributed by atoms with Gasteiger partial charge in [0, 0.05) is 5.92 Å². The van der Waals surface area contributed by atoms with Crippen molar-refractivity contribution in [3.63, 3.8) is 0 Å². The molecule has 0 aromatic carbocycles. The monoisotopic (exact) mass is 252 g/mol. The highest BCUT2D eigenvalue weighted by Crippen LogP contribution is 2.49. The number of ether oxygens (including phenoxy) is 1. The molecule has 1 spiro atoms. The van der Waals surface area contributed by atoms with Crippen LogP contribution in [-0.4, -0.2) is 39.6 Å². The molecular formula is C13H16O5. The third-order valence-electron chi connectivity index (χ3n) is 3.61. The van der Waals surface area contributed by atoms with Gasteiger partial charge in [0.1, 0.15) is 23.4 Å². The van der Waals surface area contributed by atoms with Gasteiger partial charge in [0.25, 0.3) is 0 Å². The normalized spacial score (nSPS) is 44.0. The zero-order valence-electron chi connectivity index (χ0n) is 9.98. The van der Waals surface area contributed by atoms with E-state index in [2.05, 4.69) is 6.58 Å². The van der Waals surface area contributed by atoms with E-state index in [0.717, 1.165) is 0 Å². The Kier molecular flexibility index (Phi) is 3.14. The number of carbonyl (C=O) groups is 1. The SMILES string of the molecule is C=C1OC(=O)[C@]2([C@@H](/C=C/C)C=C[C@H](O)[C@H]2O)[C@@H]1O. The highest BCUT2D eigenvalue weighted by atomic mass is 16.6. The van der Waals surface area contributed by atoms with Crippen LogP contribution < -0.4 is 0 Å². The third kappa shape index (κ3) is 1.48. The van der Waals surface area contributed by atoms with Gasteiger partial charge < -0.3 is 20.1 Å². The molecule has 1 fully saturated rings. The predicted molar refractivity (Wildman–Crippen MR) is 63.1 cm³/mol. The average Bonchev–Trinajstić information content (AvgIpc) is 2.54. The minimum atomic E-state index is -1.61. The molecule has 0 radical (unpaired) electrons. The van der Waals surface area contributed by atoms with Crippen LogP contribution in [0.1, 0.15) is 6.92 Å². The lowest BCUT2D eigenvalue weighted by molar-refractivity contribution is -0.164. The molecule has 2 aliphatic rings. The van der Waals surface area contributed by atoms with Crippen molar-refractivity contribution in [2.45, 2.75) is 25.2 Å². The van der Waals surface area contributed by atoms with Crippen LogP contribution in [0, 0.1) is 11.3 Å². The van der Waals surface area contributed by atoms with E-state index < -0.39 is 35.6 Å². The summed E-state index contributed by atoms with van der Waals surface area (Å²) in [6.07, 6.45) is 2.37. The Morgan fingerprint density at radius 2 is 2.06 bits per heavy atom. The molecule has 3 N–H and O–H groups in total. The summed E-state index contributed by atoms with van der Waals surface area (Å²) in [6.45, 7) is 5.22. The van der Waals surface area contributed by atoms with Gasteiger partial charge in [0.15, 0.2) is 0 Å². The molecule has 1 aliphatic carbocycles. The van der Waals surface area contributed by atoms with E-state index >= 15 is 0 Å². The molecule has 0 amide bonds. The molecule has 1 aliphatic heterocycles. The van der Waals surface area contributed by atoms with Crippen LogP contribution in [0.5, 0.6) is 0 Å². The van der Waals surface area contributed by atoms with Gasteiger partial charge in [-0.05, 0) is 6.92 Å². The fraction of sp³-hybridized carbons (Fsp3) is 0.462. The predicted octanol–water partition coefficient (Wildman–Crippen LogP) is -0.112. The number of esters is 1. The maximum absolute atomic E-state index is 12.0. The number of aliphatic hydroxyl groups is 3. The van der Waals surface area contributed by atoms with E-state index in [1.807, 2.05) is 0 Å². The van der Waals surface area contributed by atoms with Crippen molar-refractivity contribution in [1.29, 1.82) is 0 Å². The Morgan fingerprint density at radius 1 is 1.39 bits per heavy atom. The van der Waals surface area contributed by atoms with Gasteiger partial charge in [-0.1, -0.05) is 30.9 Å².